The third-order valence-corrected chi connectivity index (χ3v) is 12.5. The second-order valence-corrected chi connectivity index (χ2v) is 19.1. The molecule has 0 bridgehead atoms. The molecule has 348 valence electrons. The second-order valence-electron chi connectivity index (χ2n) is 15.3. The zero-order valence-electron chi connectivity index (χ0n) is 35.1. The van der Waals surface area contributed by atoms with E-state index < -0.39 is 83.5 Å². The smallest absolute Gasteiger partial charge is 0.462 e. The highest BCUT2D eigenvalue weighted by atomic mass is 32.2. The summed E-state index contributed by atoms with van der Waals surface area (Å²) in [6, 6.07) is 0. The maximum Gasteiger partial charge on any atom is 0.472 e. The Bertz CT molecular complexity index is 1240. The Balaban J connectivity index is 2.63. The van der Waals surface area contributed by atoms with E-state index in [1.165, 1.54) is 63.1 Å². The summed E-state index contributed by atoms with van der Waals surface area (Å²) in [4.78, 5) is 65.6. The molecule has 1 rings (SSSR count). The molecular weight excluding hydrogens is 834 g/mol. The van der Waals surface area contributed by atoms with Crippen LogP contribution in [0.25, 0.3) is 0 Å². The summed E-state index contributed by atoms with van der Waals surface area (Å²) in [5.74, 6) is -0.421. The van der Waals surface area contributed by atoms with E-state index in [0.29, 0.717) is 19.3 Å². The van der Waals surface area contributed by atoms with Crippen LogP contribution in [-0.4, -0.2) is 114 Å². The van der Waals surface area contributed by atoms with Gasteiger partial charge < -0.3 is 44.6 Å². The number of aliphatic hydroxyl groups excluding tert-OH is 4. The Morgan fingerprint density at radius 1 is 0.542 bits per heavy atom. The van der Waals surface area contributed by atoms with E-state index in [-0.39, 0.29) is 18.0 Å². The minimum absolute atomic E-state index is 0.0347. The molecule has 0 amide bonds. The van der Waals surface area contributed by atoms with Crippen LogP contribution in [0.3, 0.4) is 0 Å². The summed E-state index contributed by atoms with van der Waals surface area (Å²) in [6.07, 6.45) is 7.53. The van der Waals surface area contributed by atoms with Gasteiger partial charge in [0, 0.05) is 25.0 Å². The standard InChI is InChI=1S/C39H74O17P2S/c1-3-5-6-7-8-9-10-11-12-13-15-19-22-26-32(41)54-30(28-52-31(40)25-21-18-16-14-17-20-23-27-59-33(42)24-4-2)29-53-58(50,51)56-39-36(45)34(43)35(44)38(37(39)46)55-57(47,48)49/h30,34-39,43-46H,3-29H2,1-2H3,(H,50,51)(H2,47,48,49)/t30-,34-,35?,36-,37?,38+,39?/m1/s1. The number of phosphoric acid groups is 2. The van der Waals surface area contributed by atoms with Gasteiger partial charge in [0.05, 0.1) is 6.61 Å². The molecular formula is C39H74O17P2S. The van der Waals surface area contributed by atoms with Gasteiger partial charge >= 0.3 is 27.6 Å². The lowest BCUT2D eigenvalue weighted by atomic mass is 9.85. The highest BCUT2D eigenvalue weighted by Crippen LogP contribution is 2.49. The molecule has 0 radical (unpaired) electrons. The van der Waals surface area contributed by atoms with Crippen LogP contribution >= 0.6 is 27.4 Å². The van der Waals surface area contributed by atoms with Crippen LogP contribution in [-0.2, 0) is 46.6 Å². The largest absolute Gasteiger partial charge is 0.472 e. The number of esters is 2. The zero-order chi connectivity index (χ0) is 44.1. The maximum absolute atomic E-state index is 12.9. The Labute approximate surface area is 354 Å². The molecule has 1 aliphatic carbocycles. The van der Waals surface area contributed by atoms with Gasteiger partial charge in [-0.1, -0.05) is 135 Å². The van der Waals surface area contributed by atoms with Crippen LogP contribution < -0.4 is 0 Å². The van der Waals surface area contributed by atoms with E-state index in [2.05, 4.69) is 11.4 Å². The quantitative estimate of drug-likeness (QED) is 0.0200. The molecule has 0 saturated heterocycles. The first-order valence-electron chi connectivity index (χ1n) is 21.6. The molecule has 0 aromatic rings. The highest BCUT2D eigenvalue weighted by Gasteiger charge is 2.54. The molecule has 0 aromatic heterocycles. The number of phosphoric ester groups is 2. The third-order valence-electron chi connectivity index (χ3n) is 9.94. The van der Waals surface area contributed by atoms with Crippen molar-refractivity contribution in [3.8, 4) is 0 Å². The first-order chi connectivity index (χ1) is 28.0. The van der Waals surface area contributed by atoms with Crippen molar-refractivity contribution >= 4 is 44.5 Å². The van der Waals surface area contributed by atoms with Gasteiger partial charge in [0.15, 0.2) is 11.2 Å². The summed E-state index contributed by atoms with van der Waals surface area (Å²) in [7, 11) is -10.7. The van der Waals surface area contributed by atoms with E-state index in [4.69, 9.17) is 28.3 Å². The normalized spacial score (nSPS) is 22.5. The summed E-state index contributed by atoms with van der Waals surface area (Å²) in [6.45, 7) is 2.82. The van der Waals surface area contributed by atoms with Crippen molar-refractivity contribution in [2.24, 2.45) is 0 Å². The molecule has 8 atom stereocenters. The fraction of sp³-hybridized carbons (Fsp3) is 0.923. The number of ether oxygens (including phenoxy) is 2. The molecule has 20 heteroatoms. The summed E-state index contributed by atoms with van der Waals surface area (Å²) >= 11 is 1.39. The lowest BCUT2D eigenvalue weighted by molar-refractivity contribution is -0.216. The molecule has 0 heterocycles. The Morgan fingerprint density at radius 2 is 1.00 bits per heavy atom. The zero-order valence-corrected chi connectivity index (χ0v) is 37.8. The van der Waals surface area contributed by atoms with Crippen molar-refractivity contribution in [3.05, 3.63) is 0 Å². The fourth-order valence-corrected chi connectivity index (χ4v) is 9.04. The van der Waals surface area contributed by atoms with Crippen molar-refractivity contribution < 1.29 is 81.7 Å². The summed E-state index contributed by atoms with van der Waals surface area (Å²) in [5, 5.41) is 41.3. The van der Waals surface area contributed by atoms with E-state index in [0.717, 1.165) is 76.4 Å². The molecule has 17 nitrogen and oxygen atoms in total. The van der Waals surface area contributed by atoms with Crippen LogP contribution in [0.5, 0.6) is 0 Å². The predicted octanol–water partition coefficient (Wildman–Crippen LogP) is 6.54. The first kappa shape index (κ1) is 56.0. The number of carbonyl (C=O) groups excluding carboxylic acids is 3. The van der Waals surface area contributed by atoms with E-state index in [1.54, 1.807) is 0 Å². The third kappa shape index (κ3) is 27.6. The lowest BCUT2D eigenvalue weighted by Crippen LogP contribution is -2.64. The van der Waals surface area contributed by atoms with Crippen LogP contribution in [0.1, 0.15) is 168 Å². The number of hydrogen-bond donors (Lipinski definition) is 7. The fourth-order valence-electron chi connectivity index (χ4n) is 6.57. The van der Waals surface area contributed by atoms with E-state index >= 15 is 0 Å². The van der Waals surface area contributed by atoms with Crippen LogP contribution in [0.4, 0.5) is 0 Å². The van der Waals surface area contributed by atoms with Crippen LogP contribution in [0.2, 0.25) is 0 Å². The average Bonchev–Trinajstić information content (AvgIpc) is 3.17. The average molecular weight is 909 g/mol. The van der Waals surface area contributed by atoms with Crippen molar-refractivity contribution in [3.63, 3.8) is 0 Å². The minimum Gasteiger partial charge on any atom is -0.462 e. The topological polar surface area (TPSA) is 273 Å². The number of rotatable bonds is 36. The number of aliphatic hydroxyl groups is 4. The lowest BCUT2D eigenvalue weighted by Gasteiger charge is -2.43. The van der Waals surface area contributed by atoms with Crippen LogP contribution in [0, 0.1) is 0 Å². The van der Waals surface area contributed by atoms with Gasteiger partial charge in [-0.05, 0) is 25.7 Å². The van der Waals surface area contributed by atoms with Gasteiger partial charge in [0.2, 0.25) is 0 Å². The molecule has 1 fully saturated rings. The molecule has 0 spiro atoms. The first-order valence-corrected chi connectivity index (χ1v) is 25.6. The van der Waals surface area contributed by atoms with Crippen molar-refractivity contribution in [1.29, 1.82) is 0 Å². The van der Waals surface area contributed by atoms with Gasteiger partial charge in [-0.25, -0.2) is 9.13 Å². The van der Waals surface area contributed by atoms with E-state index in [9.17, 15) is 48.8 Å². The molecule has 1 saturated carbocycles. The molecule has 0 aromatic carbocycles. The summed E-state index contributed by atoms with van der Waals surface area (Å²) in [5.41, 5.74) is 0. The summed E-state index contributed by atoms with van der Waals surface area (Å²) < 4.78 is 49.2. The molecule has 4 unspecified atom stereocenters. The molecule has 1 aliphatic rings. The van der Waals surface area contributed by atoms with Gasteiger partial charge in [0.25, 0.3) is 0 Å². The van der Waals surface area contributed by atoms with Crippen molar-refractivity contribution in [2.45, 2.75) is 211 Å². The van der Waals surface area contributed by atoms with Gasteiger partial charge in [-0.15, -0.1) is 0 Å². The highest BCUT2D eigenvalue weighted by molar-refractivity contribution is 8.13. The monoisotopic (exact) mass is 908 g/mol. The predicted molar refractivity (Wildman–Crippen MR) is 222 cm³/mol. The van der Waals surface area contributed by atoms with Crippen molar-refractivity contribution in [2.75, 3.05) is 19.0 Å². The molecule has 59 heavy (non-hydrogen) atoms. The number of unbranched alkanes of at least 4 members (excludes halogenated alkanes) is 18. The maximum atomic E-state index is 12.9. The van der Waals surface area contributed by atoms with E-state index in [1.807, 2.05) is 6.92 Å². The van der Waals surface area contributed by atoms with Crippen molar-refractivity contribution in [1.82, 2.24) is 0 Å². The van der Waals surface area contributed by atoms with Gasteiger partial charge in [-0.2, -0.15) is 0 Å². The Hall–Kier alpha value is -0.980. The Morgan fingerprint density at radius 3 is 1.49 bits per heavy atom. The Kier molecular flexibility index (Phi) is 31.0. The number of hydrogen-bond acceptors (Lipinski definition) is 15. The van der Waals surface area contributed by atoms with Crippen LogP contribution in [0.15, 0.2) is 0 Å². The SMILES string of the molecule is CCCCCCCCCCCCCCCC(=O)O[C@H](COC(=O)CCCCCCCCCSC(=O)CCC)COP(=O)(O)OC1C(O)[C@@H](OP(=O)(O)O)C(O)[C@@H](O)[C@H]1O. The van der Waals surface area contributed by atoms with Gasteiger partial charge in [-0.3, -0.25) is 28.0 Å². The number of thioether (sulfide) groups is 1. The van der Waals surface area contributed by atoms with Gasteiger partial charge in [0.1, 0.15) is 43.2 Å². The minimum atomic E-state index is -5.36. The molecule has 7 N–H and O–H groups in total. The molecule has 0 aliphatic heterocycles. The second kappa shape index (κ2) is 32.7. The number of carbonyl (C=O) groups is 3.